The third-order valence-electron chi connectivity index (χ3n) is 2.75. The van der Waals surface area contributed by atoms with E-state index in [2.05, 4.69) is 0 Å². The molecule has 0 radical (unpaired) electrons. The van der Waals surface area contributed by atoms with Crippen molar-refractivity contribution in [1.29, 1.82) is 0 Å². The molecule has 2 aromatic carbocycles. The van der Waals surface area contributed by atoms with Crippen LogP contribution >= 0.6 is 0 Å². The van der Waals surface area contributed by atoms with Crippen molar-refractivity contribution in [2.75, 3.05) is 7.11 Å². The van der Waals surface area contributed by atoms with Crippen molar-refractivity contribution in [3.63, 3.8) is 0 Å². The minimum absolute atomic E-state index is 0.0218. The Bertz CT molecular complexity index is 770. The first kappa shape index (κ1) is 15.8. The minimum Gasteiger partial charge on any atom is -0.497 e. The molecule has 22 heavy (non-hydrogen) atoms. The highest BCUT2D eigenvalue weighted by atomic mass is 32.2. The minimum atomic E-state index is -3.87. The summed E-state index contributed by atoms with van der Waals surface area (Å²) >= 11 is 0. The molecule has 7 nitrogen and oxygen atoms in total. The summed E-state index contributed by atoms with van der Waals surface area (Å²) in [5.74, 6) is 0.234. The molecule has 0 bridgehead atoms. The zero-order chi connectivity index (χ0) is 16.2. The molecule has 0 aliphatic carbocycles. The van der Waals surface area contributed by atoms with E-state index in [9.17, 15) is 18.5 Å². The van der Waals surface area contributed by atoms with Gasteiger partial charge < -0.3 is 8.92 Å². The summed E-state index contributed by atoms with van der Waals surface area (Å²) in [6.45, 7) is 0. The zero-order valence-corrected chi connectivity index (χ0v) is 12.4. The molecule has 0 atom stereocenters. The highest BCUT2D eigenvalue weighted by Crippen LogP contribution is 2.21. The maximum atomic E-state index is 12.0. The van der Waals surface area contributed by atoms with Crippen LogP contribution in [0.4, 0.5) is 5.69 Å². The van der Waals surface area contributed by atoms with Crippen molar-refractivity contribution < 1.29 is 22.3 Å². The standard InChI is InChI=1S/C14H13NO6S/c1-20-14-4-2-3-11(9-14)10-22(18,19)21-13-7-5-12(6-8-13)15(16)17/h2-9H,10H2,1H3. The van der Waals surface area contributed by atoms with Gasteiger partial charge in [0, 0.05) is 12.1 Å². The first-order valence-electron chi connectivity index (χ1n) is 6.19. The average Bonchev–Trinajstić information content (AvgIpc) is 2.47. The van der Waals surface area contributed by atoms with Gasteiger partial charge in [-0.2, -0.15) is 8.42 Å². The van der Waals surface area contributed by atoms with Gasteiger partial charge in [0.25, 0.3) is 5.69 Å². The van der Waals surface area contributed by atoms with E-state index in [1.807, 2.05) is 0 Å². The first-order chi connectivity index (χ1) is 10.4. The molecule has 8 heteroatoms. The number of nitro benzene ring substituents is 1. The Balaban J connectivity index is 2.11. The fourth-order valence-electron chi connectivity index (χ4n) is 1.77. The molecule has 2 aromatic rings. The van der Waals surface area contributed by atoms with Crippen molar-refractivity contribution in [3.05, 3.63) is 64.2 Å². The quantitative estimate of drug-likeness (QED) is 0.460. The average molecular weight is 323 g/mol. The Labute approximate surface area is 127 Å². The van der Waals surface area contributed by atoms with Gasteiger partial charge in [-0.1, -0.05) is 12.1 Å². The van der Waals surface area contributed by atoms with E-state index in [0.717, 1.165) is 0 Å². The Morgan fingerprint density at radius 2 is 1.77 bits per heavy atom. The van der Waals surface area contributed by atoms with Gasteiger partial charge in [-0.05, 0) is 29.8 Å². The fraction of sp³-hybridized carbons (Fsp3) is 0.143. The molecule has 0 saturated heterocycles. The number of hydrogen-bond acceptors (Lipinski definition) is 6. The lowest BCUT2D eigenvalue weighted by Crippen LogP contribution is -2.12. The largest absolute Gasteiger partial charge is 0.497 e. The van der Waals surface area contributed by atoms with Gasteiger partial charge in [0.05, 0.1) is 12.0 Å². The molecule has 0 aromatic heterocycles. The Kier molecular flexibility index (Phi) is 4.62. The number of rotatable bonds is 6. The van der Waals surface area contributed by atoms with Crippen LogP contribution < -0.4 is 8.92 Å². The summed E-state index contributed by atoms with van der Waals surface area (Å²) in [6.07, 6.45) is 0. The summed E-state index contributed by atoms with van der Waals surface area (Å²) in [7, 11) is -2.38. The number of hydrogen-bond donors (Lipinski definition) is 0. The van der Waals surface area contributed by atoms with Gasteiger partial charge in [-0.15, -0.1) is 0 Å². The van der Waals surface area contributed by atoms with Crippen LogP contribution in [0.2, 0.25) is 0 Å². The van der Waals surface area contributed by atoms with Crippen LogP contribution in [0.15, 0.2) is 48.5 Å². The Morgan fingerprint density at radius 1 is 1.09 bits per heavy atom. The zero-order valence-electron chi connectivity index (χ0n) is 11.6. The predicted molar refractivity (Wildman–Crippen MR) is 79.3 cm³/mol. The number of nitrogens with zero attached hydrogens (tertiary/aromatic N) is 1. The van der Waals surface area contributed by atoms with Crippen LogP contribution in [-0.4, -0.2) is 20.5 Å². The first-order valence-corrected chi connectivity index (χ1v) is 7.77. The predicted octanol–water partition coefficient (Wildman–Crippen LogP) is 2.51. The summed E-state index contributed by atoms with van der Waals surface area (Å²) in [4.78, 5) is 9.96. The lowest BCUT2D eigenvalue weighted by Gasteiger charge is -2.08. The second-order valence-corrected chi connectivity index (χ2v) is 5.96. The summed E-state index contributed by atoms with van der Waals surface area (Å²) < 4.78 is 33.9. The number of non-ortho nitro benzene ring substituents is 1. The third kappa shape index (κ3) is 4.19. The summed E-state index contributed by atoms with van der Waals surface area (Å²) in [5.41, 5.74) is 0.374. The normalized spacial score (nSPS) is 11.0. The molecule has 0 saturated carbocycles. The van der Waals surface area contributed by atoms with E-state index in [0.29, 0.717) is 11.3 Å². The number of nitro groups is 1. The number of methoxy groups -OCH3 is 1. The van der Waals surface area contributed by atoms with E-state index in [1.165, 1.54) is 31.4 Å². The Morgan fingerprint density at radius 3 is 2.36 bits per heavy atom. The highest BCUT2D eigenvalue weighted by molar-refractivity contribution is 7.86. The lowest BCUT2D eigenvalue weighted by molar-refractivity contribution is -0.384. The van der Waals surface area contributed by atoms with Crippen molar-refractivity contribution in [1.82, 2.24) is 0 Å². The van der Waals surface area contributed by atoms with Crippen LogP contribution in [0.3, 0.4) is 0 Å². The fourth-order valence-corrected chi connectivity index (χ4v) is 2.82. The van der Waals surface area contributed by atoms with Crippen molar-refractivity contribution >= 4 is 15.8 Å². The van der Waals surface area contributed by atoms with Crippen LogP contribution in [-0.2, 0) is 15.9 Å². The van der Waals surface area contributed by atoms with Gasteiger partial charge in [0.1, 0.15) is 17.3 Å². The molecule has 0 aliphatic heterocycles. The number of ether oxygens (including phenoxy) is 1. The topological polar surface area (TPSA) is 95.7 Å². The summed E-state index contributed by atoms with van der Waals surface area (Å²) in [6, 6.07) is 11.4. The van der Waals surface area contributed by atoms with E-state index < -0.39 is 15.0 Å². The van der Waals surface area contributed by atoms with E-state index in [1.54, 1.807) is 24.3 Å². The lowest BCUT2D eigenvalue weighted by atomic mass is 10.2. The van der Waals surface area contributed by atoms with Gasteiger partial charge >= 0.3 is 10.1 Å². The van der Waals surface area contributed by atoms with Gasteiger partial charge in [0.2, 0.25) is 0 Å². The molecule has 0 N–H and O–H groups in total. The van der Waals surface area contributed by atoms with Gasteiger partial charge in [0.15, 0.2) is 0 Å². The highest BCUT2D eigenvalue weighted by Gasteiger charge is 2.15. The molecule has 2 rings (SSSR count). The number of benzene rings is 2. The van der Waals surface area contributed by atoms with Crippen LogP contribution in [0.5, 0.6) is 11.5 Å². The maximum absolute atomic E-state index is 12.0. The van der Waals surface area contributed by atoms with E-state index >= 15 is 0 Å². The molecule has 0 unspecified atom stereocenters. The third-order valence-corrected chi connectivity index (χ3v) is 3.88. The Hall–Kier alpha value is -2.61. The van der Waals surface area contributed by atoms with Crippen molar-refractivity contribution in [2.45, 2.75) is 5.75 Å². The van der Waals surface area contributed by atoms with E-state index in [4.69, 9.17) is 8.92 Å². The molecule has 0 amide bonds. The van der Waals surface area contributed by atoms with Crippen LogP contribution in [0.1, 0.15) is 5.56 Å². The molecular formula is C14H13NO6S. The van der Waals surface area contributed by atoms with Crippen molar-refractivity contribution in [3.8, 4) is 11.5 Å². The monoisotopic (exact) mass is 323 g/mol. The molecule has 0 fully saturated rings. The molecular weight excluding hydrogens is 310 g/mol. The molecule has 0 aliphatic rings. The van der Waals surface area contributed by atoms with Crippen LogP contribution in [0.25, 0.3) is 0 Å². The van der Waals surface area contributed by atoms with Crippen molar-refractivity contribution in [2.24, 2.45) is 0 Å². The second-order valence-electron chi connectivity index (χ2n) is 4.39. The molecule has 116 valence electrons. The van der Waals surface area contributed by atoms with Gasteiger partial charge in [-0.25, -0.2) is 0 Å². The van der Waals surface area contributed by atoms with Crippen LogP contribution in [0, 0.1) is 10.1 Å². The molecule has 0 spiro atoms. The van der Waals surface area contributed by atoms with Gasteiger partial charge in [-0.3, -0.25) is 10.1 Å². The van der Waals surface area contributed by atoms with E-state index in [-0.39, 0.29) is 17.2 Å². The maximum Gasteiger partial charge on any atom is 0.313 e. The SMILES string of the molecule is COc1cccc(CS(=O)(=O)Oc2ccc([N+](=O)[O-])cc2)c1. The second kappa shape index (κ2) is 6.44. The summed E-state index contributed by atoms with van der Waals surface area (Å²) in [5, 5.41) is 10.5. The smallest absolute Gasteiger partial charge is 0.313 e. The molecule has 0 heterocycles.